The van der Waals surface area contributed by atoms with Crippen molar-refractivity contribution < 1.29 is 31.2 Å². The third kappa shape index (κ3) is 5.92. The average Bonchev–Trinajstić information content (AvgIpc) is 3.58. The number of furan rings is 2. The van der Waals surface area contributed by atoms with E-state index in [-0.39, 0.29) is 58.6 Å². The average molecular weight is 599 g/mol. The molecule has 0 spiro atoms. The van der Waals surface area contributed by atoms with Crippen LogP contribution in [-0.2, 0) is 12.7 Å². The number of benzene rings is 2. The summed E-state index contributed by atoms with van der Waals surface area (Å²) in [7, 11) is 0. The van der Waals surface area contributed by atoms with Gasteiger partial charge in [0.05, 0.1) is 12.6 Å². The van der Waals surface area contributed by atoms with Crippen molar-refractivity contribution in [1.82, 2.24) is 14.5 Å². The standard InChI is InChI=1S/C31H30F4N4O4/c1-17(2)26(38(14-4-13-36)29(40)19-7-5-18(3)6-8-19)28-37-25-22-15-20(32)9-11-23(22)43-27(25)30(41)39(28)16-21-10-12-24(42-21)31(33,34)35/h5-12,15,17,26H,4,13-14,16,36H2,1-3H3. The Kier molecular flexibility index (Phi) is 8.15. The predicted octanol–water partition coefficient (Wildman–Crippen LogP) is 6.44. The molecule has 1 unspecified atom stereocenters. The number of aryl methyl sites for hydroxylation is 1. The predicted molar refractivity (Wildman–Crippen MR) is 152 cm³/mol. The van der Waals surface area contributed by atoms with Crippen LogP contribution in [0.2, 0.25) is 0 Å². The van der Waals surface area contributed by atoms with Gasteiger partial charge >= 0.3 is 6.18 Å². The van der Waals surface area contributed by atoms with Crippen LogP contribution in [0.15, 0.2) is 68.2 Å². The van der Waals surface area contributed by atoms with Crippen LogP contribution in [0.1, 0.15) is 59.6 Å². The molecule has 2 aromatic carbocycles. The van der Waals surface area contributed by atoms with Crippen LogP contribution in [0.25, 0.3) is 22.1 Å². The molecular weight excluding hydrogens is 568 g/mol. The van der Waals surface area contributed by atoms with Crippen molar-refractivity contribution in [3.05, 3.63) is 99.2 Å². The van der Waals surface area contributed by atoms with Crippen molar-refractivity contribution in [2.24, 2.45) is 11.7 Å². The van der Waals surface area contributed by atoms with Gasteiger partial charge in [-0.25, -0.2) is 9.37 Å². The quantitative estimate of drug-likeness (QED) is 0.196. The van der Waals surface area contributed by atoms with Crippen molar-refractivity contribution in [3.8, 4) is 0 Å². The number of carbonyl (C=O) groups is 1. The first kappa shape index (κ1) is 30.0. The Labute approximate surface area is 243 Å². The summed E-state index contributed by atoms with van der Waals surface area (Å²) in [4.78, 5) is 34.3. The van der Waals surface area contributed by atoms with Crippen LogP contribution >= 0.6 is 0 Å². The number of nitrogens with two attached hydrogens (primary N) is 1. The zero-order valence-corrected chi connectivity index (χ0v) is 23.7. The lowest BCUT2D eigenvalue weighted by Crippen LogP contribution is -2.42. The van der Waals surface area contributed by atoms with E-state index in [1.54, 1.807) is 29.2 Å². The van der Waals surface area contributed by atoms with Gasteiger partial charge in [-0.05, 0) is 68.3 Å². The number of fused-ring (bicyclic) bond motifs is 3. The summed E-state index contributed by atoms with van der Waals surface area (Å²) in [5, 5.41) is 0.249. The molecule has 5 rings (SSSR count). The van der Waals surface area contributed by atoms with Crippen LogP contribution in [0.3, 0.4) is 0 Å². The molecule has 1 atom stereocenters. The minimum Gasteiger partial charge on any atom is -0.455 e. The van der Waals surface area contributed by atoms with Crippen molar-refractivity contribution >= 4 is 28.0 Å². The van der Waals surface area contributed by atoms with E-state index in [9.17, 15) is 27.2 Å². The first-order valence-electron chi connectivity index (χ1n) is 13.7. The lowest BCUT2D eigenvalue weighted by molar-refractivity contribution is -0.153. The smallest absolute Gasteiger partial charge is 0.449 e. The van der Waals surface area contributed by atoms with Crippen LogP contribution in [0.5, 0.6) is 0 Å². The SMILES string of the molecule is Cc1ccc(C(=O)N(CCCN)C(c2nc3c(oc4ccc(F)cc43)c(=O)n2Cc2ccc(C(F)(F)F)o2)C(C)C)cc1. The van der Waals surface area contributed by atoms with Gasteiger partial charge in [0.15, 0.2) is 0 Å². The first-order valence-corrected chi connectivity index (χ1v) is 13.7. The second-order valence-corrected chi connectivity index (χ2v) is 10.7. The lowest BCUT2D eigenvalue weighted by atomic mass is 9.99. The van der Waals surface area contributed by atoms with Gasteiger partial charge in [-0.2, -0.15) is 13.2 Å². The van der Waals surface area contributed by atoms with E-state index in [4.69, 9.17) is 19.6 Å². The summed E-state index contributed by atoms with van der Waals surface area (Å²) in [6.07, 6.45) is -4.29. The largest absolute Gasteiger partial charge is 0.455 e. The number of halogens is 4. The first-order chi connectivity index (χ1) is 20.4. The van der Waals surface area contributed by atoms with Crippen LogP contribution in [0.4, 0.5) is 17.6 Å². The topological polar surface area (TPSA) is 108 Å². The van der Waals surface area contributed by atoms with E-state index in [1.165, 1.54) is 18.2 Å². The van der Waals surface area contributed by atoms with E-state index in [2.05, 4.69) is 0 Å². The molecule has 5 aromatic rings. The number of hydrogen-bond acceptors (Lipinski definition) is 6. The van der Waals surface area contributed by atoms with E-state index >= 15 is 0 Å². The summed E-state index contributed by atoms with van der Waals surface area (Å²) in [6, 6.07) is 11.8. The molecule has 0 radical (unpaired) electrons. The highest BCUT2D eigenvalue weighted by molar-refractivity contribution is 6.02. The minimum atomic E-state index is -4.73. The summed E-state index contributed by atoms with van der Waals surface area (Å²) in [6.45, 7) is 5.63. The van der Waals surface area contributed by atoms with Crippen LogP contribution in [0, 0.1) is 18.7 Å². The Morgan fingerprint density at radius 3 is 2.42 bits per heavy atom. The molecule has 0 bridgehead atoms. The fourth-order valence-corrected chi connectivity index (χ4v) is 5.15. The highest BCUT2D eigenvalue weighted by Crippen LogP contribution is 2.34. The molecule has 0 fully saturated rings. The molecule has 0 aliphatic carbocycles. The summed E-state index contributed by atoms with van der Waals surface area (Å²) >= 11 is 0. The second-order valence-electron chi connectivity index (χ2n) is 10.7. The molecule has 0 aliphatic rings. The zero-order valence-electron chi connectivity index (χ0n) is 23.7. The summed E-state index contributed by atoms with van der Waals surface area (Å²) in [5.74, 6) is -2.53. The molecule has 0 saturated heterocycles. The molecule has 0 saturated carbocycles. The van der Waals surface area contributed by atoms with Gasteiger partial charge in [-0.1, -0.05) is 31.5 Å². The van der Waals surface area contributed by atoms with E-state index in [0.717, 1.165) is 22.3 Å². The highest BCUT2D eigenvalue weighted by Gasteiger charge is 2.36. The number of aromatic nitrogens is 2. The second kappa shape index (κ2) is 11.7. The summed E-state index contributed by atoms with van der Waals surface area (Å²) < 4.78 is 66.2. The van der Waals surface area contributed by atoms with Crippen molar-refractivity contribution in [3.63, 3.8) is 0 Å². The van der Waals surface area contributed by atoms with Crippen molar-refractivity contribution in [1.29, 1.82) is 0 Å². The molecule has 43 heavy (non-hydrogen) atoms. The molecule has 12 heteroatoms. The van der Waals surface area contributed by atoms with Crippen molar-refractivity contribution in [2.75, 3.05) is 13.1 Å². The summed E-state index contributed by atoms with van der Waals surface area (Å²) in [5.41, 5.74) is 6.55. The lowest BCUT2D eigenvalue weighted by Gasteiger charge is -2.35. The fraction of sp³-hybridized carbons (Fsp3) is 0.323. The van der Waals surface area contributed by atoms with Gasteiger partial charge in [0.1, 0.15) is 28.5 Å². The maximum Gasteiger partial charge on any atom is 0.449 e. The van der Waals surface area contributed by atoms with Gasteiger partial charge in [0.25, 0.3) is 11.5 Å². The maximum atomic E-state index is 14.3. The van der Waals surface area contributed by atoms with Gasteiger partial charge < -0.3 is 19.5 Å². The number of amides is 1. The Balaban J connectivity index is 1.75. The van der Waals surface area contributed by atoms with Gasteiger partial charge in [-0.15, -0.1) is 0 Å². The Morgan fingerprint density at radius 1 is 1.07 bits per heavy atom. The fourth-order valence-electron chi connectivity index (χ4n) is 5.15. The normalized spacial score (nSPS) is 12.9. The molecule has 3 aromatic heterocycles. The monoisotopic (exact) mass is 598 g/mol. The number of nitrogens with zero attached hydrogens (tertiary/aromatic N) is 3. The van der Waals surface area contributed by atoms with Gasteiger partial charge in [-0.3, -0.25) is 14.2 Å². The zero-order chi connectivity index (χ0) is 31.1. The number of carbonyl (C=O) groups excluding carboxylic acids is 1. The third-order valence-electron chi connectivity index (χ3n) is 7.22. The Bertz CT molecular complexity index is 1840. The third-order valence-corrected chi connectivity index (χ3v) is 7.22. The van der Waals surface area contributed by atoms with Crippen LogP contribution in [-0.4, -0.2) is 33.4 Å². The maximum absolute atomic E-state index is 14.3. The molecule has 8 nitrogen and oxygen atoms in total. The molecule has 2 N–H and O–H groups in total. The van der Waals surface area contributed by atoms with E-state index in [1.807, 2.05) is 20.8 Å². The molecule has 0 aliphatic heterocycles. The molecule has 3 heterocycles. The van der Waals surface area contributed by atoms with E-state index in [0.29, 0.717) is 12.0 Å². The highest BCUT2D eigenvalue weighted by atomic mass is 19.4. The molecular formula is C31H30F4N4O4. The van der Waals surface area contributed by atoms with Gasteiger partial charge in [0, 0.05) is 17.5 Å². The van der Waals surface area contributed by atoms with Gasteiger partial charge in [0.2, 0.25) is 11.3 Å². The number of alkyl halides is 3. The Morgan fingerprint density at radius 2 is 1.79 bits per heavy atom. The number of hydrogen-bond donors (Lipinski definition) is 1. The molecule has 1 amide bonds. The number of rotatable bonds is 9. The van der Waals surface area contributed by atoms with Crippen LogP contribution < -0.4 is 11.3 Å². The molecule has 226 valence electrons. The van der Waals surface area contributed by atoms with E-state index < -0.39 is 35.9 Å². The Hall–Kier alpha value is -4.45. The van der Waals surface area contributed by atoms with Crippen molar-refractivity contribution in [2.45, 2.75) is 46.0 Å². The minimum absolute atomic E-state index is 0.0772.